The standard InChI is InChI=1S/C17H25N3/c1-6-15-7-9-16(10-8-15)17(18-5)14(4)20-11-19-12(2)13(20)3/h7-11,14,17-18H,6H2,1-5H3. The molecule has 2 unspecified atom stereocenters. The molecule has 2 atom stereocenters. The van der Waals surface area contributed by atoms with Crippen molar-refractivity contribution in [1.82, 2.24) is 14.9 Å². The van der Waals surface area contributed by atoms with Gasteiger partial charge >= 0.3 is 0 Å². The SMILES string of the molecule is CCc1ccc(C(NC)C(C)n2cnc(C)c2C)cc1. The summed E-state index contributed by atoms with van der Waals surface area (Å²) in [4.78, 5) is 4.41. The van der Waals surface area contributed by atoms with E-state index in [9.17, 15) is 0 Å². The monoisotopic (exact) mass is 271 g/mol. The fourth-order valence-electron chi connectivity index (χ4n) is 2.73. The van der Waals surface area contributed by atoms with E-state index in [1.165, 1.54) is 16.8 Å². The van der Waals surface area contributed by atoms with Crippen molar-refractivity contribution in [2.75, 3.05) is 7.05 Å². The third-order valence-electron chi connectivity index (χ3n) is 4.27. The average molecular weight is 271 g/mol. The molecular weight excluding hydrogens is 246 g/mol. The lowest BCUT2D eigenvalue weighted by atomic mass is 9.98. The molecule has 0 aliphatic heterocycles. The van der Waals surface area contributed by atoms with Crippen LogP contribution in [0.1, 0.15) is 48.4 Å². The molecule has 1 aromatic carbocycles. The minimum atomic E-state index is 0.285. The Balaban J connectivity index is 2.28. The number of rotatable bonds is 5. The Labute approximate surface area is 122 Å². The first-order valence-corrected chi connectivity index (χ1v) is 7.34. The molecule has 0 amide bonds. The zero-order valence-corrected chi connectivity index (χ0v) is 13.1. The minimum Gasteiger partial charge on any atom is -0.330 e. The molecule has 0 saturated carbocycles. The fourth-order valence-corrected chi connectivity index (χ4v) is 2.73. The predicted octanol–water partition coefficient (Wildman–Crippen LogP) is 3.58. The highest BCUT2D eigenvalue weighted by Gasteiger charge is 2.20. The van der Waals surface area contributed by atoms with E-state index in [0.717, 1.165) is 12.1 Å². The summed E-state index contributed by atoms with van der Waals surface area (Å²) in [5.74, 6) is 0. The normalized spacial score (nSPS) is 14.2. The number of nitrogens with one attached hydrogen (secondary N) is 1. The summed E-state index contributed by atoms with van der Waals surface area (Å²) in [6.07, 6.45) is 3.03. The molecule has 0 radical (unpaired) electrons. The van der Waals surface area contributed by atoms with Gasteiger partial charge in [-0.25, -0.2) is 4.98 Å². The quantitative estimate of drug-likeness (QED) is 0.900. The van der Waals surface area contributed by atoms with Crippen LogP contribution in [-0.2, 0) is 6.42 Å². The maximum Gasteiger partial charge on any atom is 0.0954 e. The molecule has 1 heterocycles. The second kappa shape index (κ2) is 6.23. The molecule has 1 N–H and O–H groups in total. The fraction of sp³-hybridized carbons (Fsp3) is 0.471. The van der Waals surface area contributed by atoms with Crippen molar-refractivity contribution in [3.63, 3.8) is 0 Å². The van der Waals surface area contributed by atoms with Gasteiger partial charge in [0.05, 0.1) is 24.1 Å². The highest BCUT2D eigenvalue weighted by molar-refractivity contribution is 5.26. The number of benzene rings is 1. The third kappa shape index (κ3) is 2.78. The van der Waals surface area contributed by atoms with Crippen LogP contribution in [0.5, 0.6) is 0 Å². The van der Waals surface area contributed by atoms with Crippen LogP contribution in [0.25, 0.3) is 0 Å². The number of hydrogen-bond acceptors (Lipinski definition) is 2. The predicted molar refractivity (Wildman–Crippen MR) is 84.0 cm³/mol. The van der Waals surface area contributed by atoms with E-state index < -0.39 is 0 Å². The minimum absolute atomic E-state index is 0.285. The van der Waals surface area contributed by atoms with Crippen molar-refractivity contribution in [3.05, 3.63) is 53.1 Å². The molecular formula is C17H25N3. The van der Waals surface area contributed by atoms with Crippen LogP contribution in [0.2, 0.25) is 0 Å². The Morgan fingerprint density at radius 1 is 1.20 bits per heavy atom. The van der Waals surface area contributed by atoms with Gasteiger partial charge in [0, 0.05) is 5.69 Å². The van der Waals surface area contributed by atoms with Crippen molar-refractivity contribution in [2.45, 2.75) is 46.2 Å². The highest BCUT2D eigenvalue weighted by Crippen LogP contribution is 2.27. The van der Waals surface area contributed by atoms with Gasteiger partial charge in [-0.2, -0.15) is 0 Å². The molecule has 0 aliphatic carbocycles. The van der Waals surface area contributed by atoms with E-state index in [1.807, 2.05) is 13.4 Å². The van der Waals surface area contributed by atoms with Gasteiger partial charge in [0.25, 0.3) is 0 Å². The van der Waals surface area contributed by atoms with Crippen LogP contribution in [-0.4, -0.2) is 16.6 Å². The molecule has 0 aliphatic rings. The maximum atomic E-state index is 4.41. The molecule has 2 rings (SSSR count). The molecule has 0 spiro atoms. The van der Waals surface area contributed by atoms with Crippen molar-refractivity contribution >= 4 is 0 Å². The van der Waals surface area contributed by atoms with E-state index >= 15 is 0 Å². The second-order valence-corrected chi connectivity index (χ2v) is 5.42. The first kappa shape index (κ1) is 14.8. The van der Waals surface area contributed by atoms with Gasteiger partial charge in [0.2, 0.25) is 0 Å². The van der Waals surface area contributed by atoms with Gasteiger partial charge in [-0.3, -0.25) is 0 Å². The van der Waals surface area contributed by atoms with Gasteiger partial charge in [-0.05, 0) is 45.4 Å². The summed E-state index contributed by atoms with van der Waals surface area (Å²) in [7, 11) is 2.02. The number of imidazole rings is 1. The van der Waals surface area contributed by atoms with Crippen LogP contribution in [0.3, 0.4) is 0 Å². The Morgan fingerprint density at radius 2 is 1.85 bits per heavy atom. The molecule has 0 saturated heterocycles. The summed E-state index contributed by atoms with van der Waals surface area (Å²) >= 11 is 0. The number of aryl methyl sites for hydroxylation is 2. The zero-order chi connectivity index (χ0) is 14.7. The molecule has 108 valence electrons. The number of likely N-dealkylation sites (N-methyl/N-ethyl adjacent to an activating group) is 1. The average Bonchev–Trinajstić information content (AvgIpc) is 2.80. The Kier molecular flexibility index (Phi) is 4.61. The summed E-state index contributed by atoms with van der Waals surface area (Å²) in [6.45, 7) is 8.61. The largest absolute Gasteiger partial charge is 0.330 e. The van der Waals surface area contributed by atoms with Crippen LogP contribution in [0.15, 0.2) is 30.6 Å². The number of aromatic nitrogens is 2. The lowest BCUT2D eigenvalue weighted by Gasteiger charge is -2.26. The Bertz CT molecular complexity index is 554. The summed E-state index contributed by atoms with van der Waals surface area (Å²) < 4.78 is 2.25. The Morgan fingerprint density at radius 3 is 2.30 bits per heavy atom. The molecule has 3 heteroatoms. The molecule has 1 aromatic heterocycles. The lowest BCUT2D eigenvalue weighted by Crippen LogP contribution is -2.26. The maximum absolute atomic E-state index is 4.41. The highest BCUT2D eigenvalue weighted by atomic mass is 15.1. The first-order chi connectivity index (χ1) is 9.58. The van der Waals surface area contributed by atoms with Gasteiger partial charge in [-0.1, -0.05) is 31.2 Å². The lowest BCUT2D eigenvalue weighted by molar-refractivity contribution is 0.395. The smallest absolute Gasteiger partial charge is 0.0954 e. The summed E-state index contributed by atoms with van der Waals surface area (Å²) in [5.41, 5.74) is 5.05. The number of nitrogens with zero attached hydrogens (tertiary/aromatic N) is 2. The van der Waals surface area contributed by atoms with Crippen molar-refractivity contribution < 1.29 is 0 Å². The molecule has 20 heavy (non-hydrogen) atoms. The van der Waals surface area contributed by atoms with E-state index in [0.29, 0.717) is 6.04 Å². The molecule has 0 fully saturated rings. The first-order valence-electron chi connectivity index (χ1n) is 7.34. The van der Waals surface area contributed by atoms with E-state index in [1.54, 1.807) is 0 Å². The van der Waals surface area contributed by atoms with Crippen molar-refractivity contribution in [1.29, 1.82) is 0 Å². The topological polar surface area (TPSA) is 29.9 Å². The van der Waals surface area contributed by atoms with Crippen LogP contribution in [0.4, 0.5) is 0 Å². The van der Waals surface area contributed by atoms with Crippen LogP contribution < -0.4 is 5.32 Å². The molecule has 3 nitrogen and oxygen atoms in total. The zero-order valence-electron chi connectivity index (χ0n) is 13.1. The van der Waals surface area contributed by atoms with E-state index in [2.05, 4.69) is 66.8 Å². The molecule has 2 aromatic rings. The van der Waals surface area contributed by atoms with Gasteiger partial charge in [0.1, 0.15) is 0 Å². The number of hydrogen-bond donors (Lipinski definition) is 1. The van der Waals surface area contributed by atoms with Gasteiger partial charge < -0.3 is 9.88 Å². The van der Waals surface area contributed by atoms with Gasteiger partial charge in [-0.15, -0.1) is 0 Å². The van der Waals surface area contributed by atoms with Crippen LogP contribution in [0, 0.1) is 13.8 Å². The van der Waals surface area contributed by atoms with Crippen LogP contribution >= 0.6 is 0 Å². The Hall–Kier alpha value is -1.61. The summed E-state index contributed by atoms with van der Waals surface area (Å²) in [6, 6.07) is 9.52. The third-order valence-corrected chi connectivity index (χ3v) is 4.27. The van der Waals surface area contributed by atoms with Crippen molar-refractivity contribution in [3.8, 4) is 0 Å². The van der Waals surface area contributed by atoms with Crippen molar-refractivity contribution in [2.24, 2.45) is 0 Å². The second-order valence-electron chi connectivity index (χ2n) is 5.42. The molecule has 0 bridgehead atoms. The van der Waals surface area contributed by atoms with E-state index in [-0.39, 0.29) is 6.04 Å². The van der Waals surface area contributed by atoms with Gasteiger partial charge in [0.15, 0.2) is 0 Å². The summed E-state index contributed by atoms with van der Waals surface area (Å²) in [5, 5.41) is 3.44. The van der Waals surface area contributed by atoms with E-state index in [4.69, 9.17) is 0 Å².